The third kappa shape index (κ3) is 6.76. The van der Waals surface area contributed by atoms with Crippen LogP contribution in [0.3, 0.4) is 0 Å². The molecule has 1 aliphatic heterocycles. The monoisotopic (exact) mass is 444 g/mol. The van der Waals surface area contributed by atoms with Crippen LogP contribution in [0.1, 0.15) is 44.2 Å². The molecule has 0 amide bonds. The molecule has 2 N–H and O–H groups in total. The molecule has 1 aromatic heterocycles. The Kier molecular flexibility index (Phi) is 8.87. The van der Waals surface area contributed by atoms with Gasteiger partial charge in [0.2, 0.25) is 0 Å². The van der Waals surface area contributed by atoms with Gasteiger partial charge in [0, 0.05) is 30.8 Å². The lowest BCUT2D eigenvalue weighted by Crippen LogP contribution is -2.44. The van der Waals surface area contributed by atoms with E-state index in [1.54, 1.807) is 0 Å². The summed E-state index contributed by atoms with van der Waals surface area (Å²) >= 11 is 5.74. The number of nitrogens with zero attached hydrogens (tertiary/aromatic N) is 2. The zero-order valence-electron chi connectivity index (χ0n) is 19.1. The van der Waals surface area contributed by atoms with Crippen molar-refractivity contribution in [3.63, 3.8) is 0 Å². The lowest BCUT2D eigenvalue weighted by molar-refractivity contribution is 0.0896. The molecule has 0 saturated carbocycles. The summed E-state index contributed by atoms with van der Waals surface area (Å²) < 4.78 is 5.85. The van der Waals surface area contributed by atoms with Gasteiger partial charge in [0.05, 0.1) is 12.6 Å². The van der Waals surface area contributed by atoms with Crippen LogP contribution in [0.4, 0.5) is 0 Å². The van der Waals surface area contributed by atoms with Gasteiger partial charge in [-0.05, 0) is 81.6 Å². The molecule has 1 atom stereocenters. The first-order valence-electron chi connectivity index (χ1n) is 11.5. The van der Waals surface area contributed by atoms with Crippen molar-refractivity contribution in [3.05, 3.63) is 45.7 Å². The number of rotatable bonds is 10. The Morgan fingerprint density at radius 2 is 2.10 bits per heavy atom. The molecule has 2 aromatic rings. The first kappa shape index (κ1) is 23.7. The van der Waals surface area contributed by atoms with Gasteiger partial charge in [0.1, 0.15) is 0 Å². The fraction of sp³-hybridized carbons (Fsp3) is 0.583. The summed E-state index contributed by atoms with van der Waals surface area (Å²) in [5.74, 6) is 0. The first-order chi connectivity index (χ1) is 15.0. The molecule has 7 heteroatoms. The minimum atomic E-state index is -0.0574. The molecule has 1 unspecified atom stereocenters. The molecular weight excluding hydrogens is 408 g/mol. The molecule has 0 bridgehead atoms. The van der Waals surface area contributed by atoms with Crippen molar-refractivity contribution < 1.29 is 4.74 Å². The lowest BCUT2D eigenvalue weighted by atomic mass is 10.1. The molecule has 1 saturated heterocycles. The summed E-state index contributed by atoms with van der Waals surface area (Å²) in [6, 6.07) is 8.07. The number of pyridine rings is 1. The first-order valence-corrected chi connectivity index (χ1v) is 11.9. The maximum atomic E-state index is 12.7. The number of fused-ring (bicyclic) bond motifs is 1. The van der Waals surface area contributed by atoms with E-state index < -0.39 is 0 Å². The Hall–Kier alpha value is -1.96. The number of aromatic amines is 1. The van der Waals surface area contributed by atoms with Crippen LogP contribution in [-0.2, 0) is 11.3 Å². The Balaban J connectivity index is 1.69. The molecule has 6 nitrogen and oxygen atoms in total. The van der Waals surface area contributed by atoms with E-state index in [9.17, 15) is 4.79 Å². The molecule has 0 aliphatic carbocycles. The third-order valence-corrected chi connectivity index (χ3v) is 6.40. The fourth-order valence-electron chi connectivity index (χ4n) is 4.10. The minimum absolute atomic E-state index is 0.0574. The van der Waals surface area contributed by atoms with Crippen molar-refractivity contribution in [2.75, 3.05) is 39.3 Å². The third-order valence-electron chi connectivity index (χ3n) is 5.99. The molecule has 170 valence electrons. The summed E-state index contributed by atoms with van der Waals surface area (Å²) in [6.45, 7) is 12.4. The number of H-pyrrole nitrogens is 1. The van der Waals surface area contributed by atoms with Gasteiger partial charge >= 0.3 is 0 Å². The Morgan fingerprint density at radius 1 is 1.29 bits per heavy atom. The summed E-state index contributed by atoms with van der Waals surface area (Å²) in [7, 11) is 0. The number of hydrogen-bond donors (Lipinski definition) is 2. The van der Waals surface area contributed by atoms with Crippen molar-refractivity contribution in [1.82, 2.24) is 20.1 Å². The van der Waals surface area contributed by atoms with Crippen LogP contribution in [0.2, 0.25) is 0 Å². The second kappa shape index (κ2) is 11.6. The minimum Gasteiger partial charge on any atom is -0.376 e. The highest BCUT2D eigenvalue weighted by molar-refractivity contribution is 7.80. The average molecular weight is 445 g/mol. The normalized spacial score (nSPS) is 16.2. The summed E-state index contributed by atoms with van der Waals surface area (Å²) in [5.41, 5.74) is 2.70. The summed E-state index contributed by atoms with van der Waals surface area (Å²) in [5, 5.41) is 5.15. The van der Waals surface area contributed by atoms with Crippen LogP contribution in [-0.4, -0.2) is 65.3 Å². The van der Waals surface area contributed by atoms with Crippen molar-refractivity contribution in [1.29, 1.82) is 0 Å². The van der Waals surface area contributed by atoms with E-state index in [4.69, 9.17) is 17.0 Å². The number of aromatic nitrogens is 1. The summed E-state index contributed by atoms with van der Waals surface area (Å²) in [6.07, 6.45) is 3.32. The van der Waals surface area contributed by atoms with Crippen LogP contribution in [0.25, 0.3) is 10.9 Å². The fourth-order valence-corrected chi connectivity index (χ4v) is 4.34. The molecule has 31 heavy (non-hydrogen) atoms. The molecule has 0 radical (unpaired) electrons. The molecule has 0 spiro atoms. The topological polar surface area (TPSA) is 60.6 Å². The Labute approximate surface area is 191 Å². The van der Waals surface area contributed by atoms with Crippen LogP contribution in [0.15, 0.2) is 29.1 Å². The second-order valence-electron chi connectivity index (χ2n) is 8.34. The maximum absolute atomic E-state index is 12.7. The smallest absolute Gasteiger partial charge is 0.253 e. The van der Waals surface area contributed by atoms with E-state index in [0.717, 1.165) is 68.5 Å². The number of nitrogens with one attached hydrogen (secondary N) is 2. The highest BCUT2D eigenvalue weighted by atomic mass is 32.1. The Morgan fingerprint density at radius 3 is 2.81 bits per heavy atom. The average Bonchev–Trinajstić information content (AvgIpc) is 3.27. The Bertz CT molecular complexity index is 919. The van der Waals surface area contributed by atoms with Crippen LogP contribution in [0, 0.1) is 6.92 Å². The predicted molar refractivity (Wildman–Crippen MR) is 132 cm³/mol. The van der Waals surface area contributed by atoms with E-state index in [1.165, 1.54) is 5.56 Å². The molecule has 2 heterocycles. The van der Waals surface area contributed by atoms with Crippen molar-refractivity contribution in [2.24, 2.45) is 0 Å². The van der Waals surface area contributed by atoms with Crippen LogP contribution in [0.5, 0.6) is 0 Å². The number of benzene rings is 1. The van der Waals surface area contributed by atoms with Gasteiger partial charge in [-0.1, -0.05) is 25.5 Å². The largest absolute Gasteiger partial charge is 0.376 e. The zero-order valence-corrected chi connectivity index (χ0v) is 19.9. The predicted octanol–water partition coefficient (Wildman–Crippen LogP) is 3.42. The van der Waals surface area contributed by atoms with Crippen molar-refractivity contribution in [3.8, 4) is 0 Å². The summed E-state index contributed by atoms with van der Waals surface area (Å²) in [4.78, 5) is 20.3. The van der Waals surface area contributed by atoms with E-state index in [0.29, 0.717) is 18.2 Å². The van der Waals surface area contributed by atoms with E-state index in [-0.39, 0.29) is 11.7 Å². The van der Waals surface area contributed by atoms with Gasteiger partial charge in [-0.15, -0.1) is 0 Å². The van der Waals surface area contributed by atoms with Gasteiger partial charge in [0.25, 0.3) is 5.56 Å². The number of ether oxygens (including phenoxy) is 1. The standard InChI is InChI=1S/C24H36N4O2S/c1-4-27(5-2)12-7-11-25-24(31)28(17-21-8-6-13-30-21)16-20-15-19-14-18(3)9-10-22(19)26-23(20)29/h9-10,14-15,21H,4-8,11-13,16-17H2,1-3H3,(H,25,31)(H,26,29). The molecule has 1 aromatic carbocycles. The van der Waals surface area contributed by atoms with Crippen LogP contribution >= 0.6 is 12.2 Å². The quantitative estimate of drug-likeness (QED) is 0.433. The van der Waals surface area contributed by atoms with Crippen molar-refractivity contribution >= 4 is 28.2 Å². The molecule has 3 rings (SSSR count). The number of thiocarbonyl (C=S) groups is 1. The molecule has 1 aliphatic rings. The zero-order chi connectivity index (χ0) is 22.2. The highest BCUT2D eigenvalue weighted by Crippen LogP contribution is 2.17. The van der Waals surface area contributed by atoms with Gasteiger partial charge < -0.3 is 24.8 Å². The van der Waals surface area contributed by atoms with E-state index >= 15 is 0 Å². The SMILES string of the molecule is CCN(CC)CCCNC(=S)N(Cc1cc2cc(C)ccc2[nH]c1=O)CC1CCCO1. The number of hydrogen-bond acceptors (Lipinski definition) is 4. The number of aryl methyl sites for hydroxylation is 1. The molecular formula is C24H36N4O2S. The highest BCUT2D eigenvalue weighted by Gasteiger charge is 2.22. The van der Waals surface area contributed by atoms with E-state index in [1.807, 2.05) is 18.2 Å². The van der Waals surface area contributed by atoms with Gasteiger partial charge in [-0.2, -0.15) is 0 Å². The lowest BCUT2D eigenvalue weighted by Gasteiger charge is -2.28. The van der Waals surface area contributed by atoms with Gasteiger partial charge in [0.15, 0.2) is 5.11 Å². The van der Waals surface area contributed by atoms with E-state index in [2.05, 4.69) is 46.9 Å². The van der Waals surface area contributed by atoms with Gasteiger partial charge in [-0.3, -0.25) is 4.79 Å². The van der Waals surface area contributed by atoms with Crippen LogP contribution < -0.4 is 10.9 Å². The maximum Gasteiger partial charge on any atom is 0.253 e. The molecule has 1 fully saturated rings. The van der Waals surface area contributed by atoms with Gasteiger partial charge in [-0.25, -0.2) is 0 Å². The second-order valence-corrected chi connectivity index (χ2v) is 8.73. The van der Waals surface area contributed by atoms with Crippen molar-refractivity contribution in [2.45, 2.75) is 52.7 Å².